The number of hydrogen-bond acceptors (Lipinski definition) is 4. The van der Waals surface area contributed by atoms with Crippen molar-refractivity contribution in [2.45, 2.75) is 90.2 Å². The van der Waals surface area contributed by atoms with Crippen LogP contribution in [-0.2, 0) is 14.3 Å². The predicted molar refractivity (Wildman–Crippen MR) is 100 cm³/mol. The molecule has 2 aliphatic rings. The van der Waals surface area contributed by atoms with Crippen molar-refractivity contribution in [2.75, 3.05) is 6.61 Å². The number of Topliss-reactive ketones (excluding diaryl/α,β-unsaturated/α-hetero) is 1. The van der Waals surface area contributed by atoms with E-state index in [1.807, 2.05) is 0 Å². The van der Waals surface area contributed by atoms with Gasteiger partial charge in [-0.1, -0.05) is 20.3 Å². The first kappa shape index (κ1) is 20.9. The van der Waals surface area contributed by atoms with Crippen LogP contribution in [0.25, 0.3) is 0 Å². The van der Waals surface area contributed by atoms with E-state index >= 15 is 0 Å². The van der Waals surface area contributed by atoms with Crippen molar-refractivity contribution in [3.63, 3.8) is 0 Å². The zero-order valence-electron chi connectivity index (χ0n) is 16.3. The highest BCUT2D eigenvalue weighted by atomic mass is 16.5. The molecule has 2 fully saturated rings. The van der Waals surface area contributed by atoms with E-state index in [0.717, 1.165) is 58.0 Å². The molecule has 0 aromatic rings. The van der Waals surface area contributed by atoms with E-state index in [0.29, 0.717) is 18.8 Å². The zero-order chi connectivity index (χ0) is 18.9. The van der Waals surface area contributed by atoms with E-state index in [9.17, 15) is 14.9 Å². The number of rotatable bonds is 9. The lowest BCUT2D eigenvalue weighted by Gasteiger charge is -2.25. The van der Waals surface area contributed by atoms with Crippen molar-refractivity contribution in [3.8, 4) is 6.07 Å². The Morgan fingerprint density at radius 2 is 2.12 bits per heavy atom. The van der Waals surface area contributed by atoms with Gasteiger partial charge in [-0.15, -0.1) is 0 Å². The van der Waals surface area contributed by atoms with Crippen molar-refractivity contribution < 1.29 is 14.3 Å². The van der Waals surface area contributed by atoms with Crippen molar-refractivity contribution in [1.29, 1.82) is 5.26 Å². The van der Waals surface area contributed by atoms with Crippen molar-refractivity contribution in [1.82, 2.24) is 5.32 Å². The van der Waals surface area contributed by atoms with Crippen LogP contribution in [-0.4, -0.2) is 30.4 Å². The highest BCUT2D eigenvalue weighted by Gasteiger charge is 2.29. The van der Waals surface area contributed by atoms with Crippen LogP contribution >= 0.6 is 0 Å². The highest BCUT2D eigenvalue weighted by Crippen LogP contribution is 2.26. The zero-order valence-corrected chi connectivity index (χ0v) is 16.3. The maximum atomic E-state index is 12.8. The summed E-state index contributed by atoms with van der Waals surface area (Å²) in [6, 6.07) is 1.63. The van der Waals surface area contributed by atoms with Crippen molar-refractivity contribution >= 4 is 11.7 Å². The lowest BCUT2D eigenvalue weighted by atomic mass is 9.83. The second-order valence-corrected chi connectivity index (χ2v) is 8.37. The van der Waals surface area contributed by atoms with Gasteiger partial charge in [-0.2, -0.15) is 5.26 Å². The molecule has 4 atom stereocenters. The topological polar surface area (TPSA) is 79.2 Å². The number of ether oxygens (including phenoxy) is 1. The molecule has 0 aromatic heterocycles. The lowest BCUT2D eigenvalue weighted by Crippen LogP contribution is -2.41. The summed E-state index contributed by atoms with van der Waals surface area (Å²) in [5, 5.41) is 12.4. The molecule has 0 radical (unpaired) electrons. The van der Waals surface area contributed by atoms with E-state index in [1.165, 1.54) is 0 Å². The summed E-state index contributed by atoms with van der Waals surface area (Å²) in [5.74, 6) is 0.492. The number of nitriles is 1. The maximum absolute atomic E-state index is 12.8. The number of hydrogen-bond donors (Lipinski definition) is 1. The van der Waals surface area contributed by atoms with Gasteiger partial charge in [-0.25, -0.2) is 0 Å². The highest BCUT2D eigenvalue weighted by molar-refractivity contribution is 5.82. The Balaban J connectivity index is 1.87. The second-order valence-electron chi connectivity index (χ2n) is 8.37. The molecule has 1 heterocycles. The molecule has 146 valence electrons. The number of carbonyl (C=O) groups excluding carboxylic acids is 2. The van der Waals surface area contributed by atoms with E-state index in [4.69, 9.17) is 4.74 Å². The Labute approximate surface area is 157 Å². The first-order valence-corrected chi connectivity index (χ1v) is 10.3. The number of ketones is 1. The molecule has 0 aromatic carbocycles. The average Bonchev–Trinajstić information content (AvgIpc) is 3.12. The van der Waals surface area contributed by atoms with E-state index in [1.54, 1.807) is 0 Å². The molecule has 1 aliphatic heterocycles. The molecule has 26 heavy (non-hydrogen) atoms. The number of carbonyl (C=O) groups is 2. The molecule has 1 aliphatic carbocycles. The quantitative estimate of drug-likeness (QED) is 0.677. The molecule has 1 saturated carbocycles. The van der Waals surface area contributed by atoms with Gasteiger partial charge in [0.25, 0.3) is 0 Å². The summed E-state index contributed by atoms with van der Waals surface area (Å²) >= 11 is 0. The van der Waals surface area contributed by atoms with Gasteiger partial charge in [0, 0.05) is 24.9 Å². The Bertz CT molecular complexity index is 506. The summed E-state index contributed by atoms with van der Waals surface area (Å²) in [6.45, 7) is 5.07. The van der Waals surface area contributed by atoms with Crippen LogP contribution in [0.1, 0.15) is 78.1 Å². The fourth-order valence-electron chi connectivity index (χ4n) is 4.21. The standard InChI is InChI=1S/C21H34N2O3/c1-15(2)12-17(9-10-19-7-5-11-26-19)21(25)23-18(14-22)13-16-6-3-4-8-20(16)24/h15-19H,3-13H2,1-2H3,(H,23,25)/t16-,17-,18-,19-/m0/s1. The molecular formula is C21H34N2O3. The van der Waals surface area contributed by atoms with Gasteiger partial charge in [0.1, 0.15) is 11.8 Å². The van der Waals surface area contributed by atoms with Crippen LogP contribution in [0.15, 0.2) is 0 Å². The van der Waals surface area contributed by atoms with Crippen LogP contribution < -0.4 is 5.32 Å². The van der Waals surface area contributed by atoms with Gasteiger partial charge in [0.15, 0.2) is 0 Å². The Morgan fingerprint density at radius 1 is 1.31 bits per heavy atom. The SMILES string of the molecule is CC(C)C[C@H](CC[C@@H]1CCCO1)C(=O)N[C@H](C#N)C[C@@H]1CCCCC1=O. The second kappa shape index (κ2) is 10.7. The number of nitrogens with zero attached hydrogens (tertiary/aromatic N) is 1. The minimum atomic E-state index is -0.563. The van der Waals surface area contributed by atoms with Gasteiger partial charge < -0.3 is 10.1 Å². The molecule has 0 bridgehead atoms. The van der Waals surface area contributed by atoms with Gasteiger partial charge in [0.2, 0.25) is 5.91 Å². The predicted octanol–water partition coefficient (Wildman–Crippen LogP) is 3.77. The summed E-state index contributed by atoms with van der Waals surface area (Å²) in [6.07, 6.45) is 8.93. The summed E-state index contributed by atoms with van der Waals surface area (Å²) in [5.41, 5.74) is 0. The van der Waals surface area contributed by atoms with Gasteiger partial charge in [-0.3, -0.25) is 9.59 Å². The van der Waals surface area contributed by atoms with Gasteiger partial charge in [0.05, 0.1) is 12.2 Å². The molecule has 5 nitrogen and oxygen atoms in total. The van der Waals surface area contributed by atoms with Crippen LogP contribution in [0, 0.1) is 29.1 Å². The first-order valence-electron chi connectivity index (χ1n) is 10.3. The normalized spacial score (nSPS) is 25.7. The van der Waals surface area contributed by atoms with E-state index in [2.05, 4.69) is 25.2 Å². The molecular weight excluding hydrogens is 328 g/mol. The van der Waals surface area contributed by atoms with Crippen molar-refractivity contribution in [3.05, 3.63) is 0 Å². The van der Waals surface area contributed by atoms with Gasteiger partial charge in [-0.05, 0) is 57.3 Å². The minimum absolute atomic E-state index is 0.0356. The Morgan fingerprint density at radius 3 is 2.73 bits per heavy atom. The first-order chi connectivity index (χ1) is 12.5. The van der Waals surface area contributed by atoms with E-state index in [-0.39, 0.29) is 29.6 Å². The fourth-order valence-corrected chi connectivity index (χ4v) is 4.21. The summed E-state index contributed by atoms with van der Waals surface area (Å²) < 4.78 is 5.68. The van der Waals surface area contributed by atoms with Crippen molar-refractivity contribution in [2.24, 2.45) is 17.8 Å². The molecule has 0 unspecified atom stereocenters. The largest absolute Gasteiger partial charge is 0.378 e. The number of amides is 1. The smallest absolute Gasteiger partial charge is 0.224 e. The molecule has 1 saturated heterocycles. The van der Waals surface area contributed by atoms with Gasteiger partial charge >= 0.3 is 0 Å². The molecule has 5 heteroatoms. The fraction of sp³-hybridized carbons (Fsp3) is 0.857. The summed E-state index contributed by atoms with van der Waals surface area (Å²) in [4.78, 5) is 24.8. The number of nitrogens with one attached hydrogen (secondary N) is 1. The van der Waals surface area contributed by atoms with Crippen LogP contribution in [0.5, 0.6) is 0 Å². The Kier molecular flexibility index (Phi) is 8.58. The molecule has 2 rings (SSSR count). The van der Waals surface area contributed by atoms with Crippen LogP contribution in [0.4, 0.5) is 0 Å². The van der Waals surface area contributed by atoms with Crippen LogP contribution in [0.2, 0.25) is 0 Å². The maximum Gasteiger partial charge on any atom is 0.224 e. The lowest BCUT2D eigenvalue weighted by molar-refractivity contribution is -0.128. The molecule has 1 N–H and O–H groups in total. The van der Waals surface area contributed by atoms with Crippen LogP contribution in [0.3, 0.4) is 0 Å². The summed E-state index contributed by atoms with van der Waals surface area (Å²) in [7, 11) is 0. The third-order valence-electron chi connectivity index (χ3n) is 5.66. The average molecular weight is 363 g/mol. The monoisotopic (exact) mass is 362 g/mol. The van der Waals surface area contributed by atoms with E-state index < -0.39 is 6.04 Å². The minimum Gasteiger partial charge on any atom is -0.378 e. The molecule has 1 amide bonds. The molecule has 0 spiro atoms. The third kappa shape index (κ3) is 6.72. The third-order valence-corrected chi connectivity index (χ3v) is 5.66. The Hall–Kier alpha value is -1.41.